The molecule has 0 spiro atoms. The molecule has 4 heteroatoms. The van der Waals surface area contributed by atoms with Crippen LogP contribution in [0.25, 0.3) is 10.8 Å². The number of hydrogen-bond donors (Lipinski definition) is 0. The zero-order valence-corrected chi connectivity index (χ0v) is 11.7. The average Bonchev–Trinajstić information content (AvgIpc) is 2.55. The molecule has 3 rings (SSSR count). The summed E-state index contributed by atoms with van der Waals surface area (Å²) in [6.45, 7) is 0. The van der Waals surface area contributed by atoms with Crippen molar-refractivity contribution in [2.24, 2.45) is 0 Å². The largest absolute Gasteiger partial charge is 0.294 e. The summed E-state index contributed by atoms with van der Waals surface area (Å²) < 4.78 is 0. The van der Waals surface area contributed by atoms with Gasteiger partial charge in [0.1, 0.15) is 0 Å². The highest BCUT2D eigenvalue weighted by Gasteiger charge is 2.10. The van der Waals surface area contributed by atoms with Crippen LogP contribution in [0.4, 0.5) is 5.69 Å². The van der Waals surface area contributed by atoms with E-state index in [2.05, 4.69) is 0 Å². The van der Waals surface area contributed by atoms with E-state index in [0.29, 0.717) is 5.56 Å². The van der Waals surface area contributed by atoms with E-state index in [-0.39, 0.29) is 17.9 Å². The van der Waals surface area contributed by atoms with Gasteiger partial charge in [0, 0.05) is 24.1 Å². The number of hydrogen-bond acceptors (Lipinski definition) is 3. The molecule has 0 saturated carbocycles. The smallest absolute Gasteiger partial charge is 0.269 e. The number of carbonyl (C=O) groups excluding carboxylic acids is 1. The van der Waals surface area contributed by atoms with Crippen molar-refractivity contribution in [3.63, 3.8) is 0 Å². The fourth-order valence-electron chi connectivity index (χ4n) is 2.41. The van der Waals surface area contributed by atoms with Crippen LogP contribution in [-0.4, -0.2) is 10.7 Å². The third-order valence-electron chi connectivity index (χ3n) is 3.58. The third-order valence-corrected chi connectivity index (χ3v) is 3.58. The van der Waals surface area contributed by atoms with E-state index in [1.165, 1.54) is 24.3 Å². The maximum atomic E-state index is 12.3. The van der Waals surface area contributed by atoms with E-state index in [0.717, 1.165) is 16.3 Å². The lowest BCUT2D eigenvalue weighted by Gasteiger charge is -2.04. The highest BCUT2D eigenvalue weighted by atomic mass is 16.6. The van der Waals surface area contributed by atoms with Crippen LogP contribution in [0.3, 0.4) is 0 Å². The van der Waals surface area contributed by atoms with Gasteiger partial charge in [-0.05, 0) is 28.5 Å². The van der Waals surface area contributed by atoms with Gasteiger partial charge in [0.05, 0.1) is 4.92 Å². The van der Waals surface area contributed by atoms with Crippen LogP contribution >= 0.6 is 0 Å². The molecule has 4 nitrogen and oxygen atoms in total. The minimum atomic E-state index is -0.475. The van der Waals surface area contributed by atoms with E-state index < -0.39 is 4.92 Å². The summed E-state index contributed by atoms with van der Waals surface area (Å²) in [4.78, 5) is 22.4. The van der Waals surface area contributed by atoms with Crippen LogP contribution in [0, 0.1) is 10.1 Å². The summed E-state index contributed by atoms with van der Waals surface area (Å²) in [7, 11) is 0. The van der Waals surface area contributed by atoms with Crippen molar-refractivity contribution in [3.8, 4) is 0 Å². The van der Waals surface area contributed by atoms with Crippen molar-refractivity contribution in [1.29, 1.82) is 0 Å². The van der Waals surface area contributed by atoms with Gasteiger partial charge in [-0.1, -0.05) is 42.5 Å². The van der Waals surface area contributed by atoms with Gasteiger partial charge in [0.15, 0.2) is 5.78 Å². The maximum absolute atomic E-state index is 12.3. The zero-order chi connectivity index (χ0) is 15.5. The maximum Gasteiger partial charge on any atom is 0.269 e. The Kier molecular flexibility index (Phi) is 3.66. The Morgan fingerprint density at radius 2 is 1.59 bits per heavy atom. The first-order valence-corrected chi connectivity index (χ1v) is 6.89. The second-order valence-electron chi connectivity index (χ2n) is 5.09. The van der Waals surface area contributed by atoms with Crippen LogP contribution in [0.5, 0.6) is 0 Å². The predicted octanol–water partition coefficient (Wildman–Crippen LogP) is 4.17. The lowest BCUT2D eigenvalue weighted by Crippen LogP contribution is -2.03. The molecule has 0 atom stereocenters. The Labute approximate surface area is 127 Å². The molecule has 3 aromatic carbocycles. The molecular weight excluding hydrogens is 278 g/mol. The van der Waals surface area contributed by atoms with E-state index in [1.54, 1.807) is 0 Å². The Bertz CT molecular complexity index is 854. The van der Waals surface area contributed by atoms with E-state index in [9.17, 15) is 14.9 Å². The number of nitrogens with zero attached hydrogens (tertiary/aromatic N) is 1. The standard InChI is InChI=1S/C18H13NO3/c20-18(15-7-9-17(10-8-15)19(21)22)12-13-5-6-14-3-1-2-4-16(14)11-13/h1-11H,12H2. The van der Waals surface area contributed by atoms with Crippen LogP contribution in [0.2, 0.25) is 0 Å². The predicted molar refractivity (Wildman–Crippen MR) is 85.1 cm³/mol. The first-order chi connectivity index (χ1) is 10.6. The van der Waals surface area contributed by atoms with Gasteiger partial charge in [-0.15, -0.1) is 0 Å². The van der Waals surface area contributed by atoms with Crippen molar-refractivity contribution < 1.29 is 9.72 Å². The second kappa shape index (κ2) is 5.77. The van der Waals surface area contributed by atoms with Crippen molar-refractivity contribution in [2.45, 2.75) is 6.42 Å². The molecule has 0 radical (unpaired) electrons. The number of rotatable bonds is 4. The van der Waals surface area contributed by atoms with Gasteiger partial charge < -0.3 is 0 Å². The number of Topliss-reactive ketones (excluding diaryl/α,β-unsaturated/α-hetero) is 1. The van der Waals surface area contributed by atoms with Gasteiger partial charge in [-0.25, -0.2) is 0 Å². The zero-order valence-electron chi connectivity index (χ0n) is 11.7. The molecule has 0 heterocycles. The van der Waals surface area contributed by atoms with Crippen LogP contribution in [0.1, 0.15) is 15.9 Å². The number of fused-ring (bicyclic) bond motifs is 1. The molecule has 0 aromatic heterocycles. The molecule has 0 N–H and O–H groups in total. The summed E-state index contributed by atoms with van der Waals surface area (Å²) in [5.74, 6) is -0.0508. The van der Waals surface area contributed by atoms with Crippen LogP contribution < -0.4 is 0 Å². The highest BCUT2D eigenvalue weighted by molar-refractivity contribution is 5.98. The highest BCUT2D eigenvalue weighted by Crippen LogP contribution is 2.18. The molecule has 0 aliphatic heterocycles. The van der Waals surface area contributed by atoms with Gasteiger partial charge in [0.2, 0.25) is 0 Å². The number of nitro groups is 1. The number of benzene rings is 3. The third kappa shape index (κ3) is 2.86. The van der Waals surface area contributed by atoms with Crippen molar-refractivity contribution in [3.05, 3.63) is 88.0 Å². The lowest BCUT2D eigenvalue weighted by molar-refractivity contribution is -0.384. The molecule has 0 aliphatic carbocycles. The normalized spacial score (nSPS) is 10.5. The minimum Gasteiger partial charge on any atom is -0.294 e. The number of non-ortho nitro benzene ring substituents is 1. The summed E-state index contributed by atoms with van der Waals surface area (Å²) in [6, 6.07) is 19.6. The summed E-state index contributed by atoms with van der Waals surface area (Å²) >= 11 is 0. The van der Waals surface area contributed by atoms with Gasteiger partial charge >= 0.3 is 0 Å². The quantitative estimate of drug-likeness (QED) is 0.411. The molecule has 22 heavy (non-hydrogen) atoms. The molecule has 0 bridgehead atoms. The second-order valence-corrected chi connectivity index (χ2v) is 5.09. The first kappa shape index (κ1) is 13.9. The summed E-state index contributed by atoms with van der Waals surface area (Å²) in [5.41, 5.74) is 1.41. The Morgan fingerprint density at radius 3 is 2.27 bits per heavy atom. The van der Waals surface area contributed by atoms with Crippen LogP contribution in [-0.2, 0) is 6.42 Å². The van der Waals surface area contributed by atoms with E-state index in [4.69, 9.17) is 0 Å². The van der Waals surface area contributed by atoms with Crippen molar-refractivity contribution in [2.75, 3.05) is 0 Å². The fourth-order valence-corrected chi connectivity index (χ4v) is 2.41. The Balaban J connectivity index is 1.81. The minimum absolute atomic E-state index is 0.0118. The molecule has 108 valence electrons. The summed E-state index contributed by atoms with van der Waals surface area (Å²) in [5, 5.41) is 12.8. The lowest BCUT2D eigenvalue weighted by atomic mass is 10.00. The van der Waals surface area contributed by atoms with Crippen LogP contribution in [0.15, 0.2) is 66.7 Å². The van der Waals surface area contributed by atoms with Gasteiger partial charge in [-0.3, -0.25) is 14.9 Å². The van der Waals surface area contributed by atoms with E-state index in [1.807, 2.05) is 42.5 Å². The molecule has 0 aliphatic rings. The fraction of sp³-hybridized carbons (Fsp3) is 0.0556. The Hall–Kier alpha value is -3.01. The molecule has 0 fully saturated rings. The molecule has 3 aromatic rings. The van der Waals surface area contributed by atoms with Gasteiger partial charge in [-0.2, -0.15) is 0 Å². The molecule has 0 unspecified atom stereocenters. The first-order valence-electron chi connectivity index (χ1n) is 6.89. The molecule has 0 amide bonds. The topological polar surface area (TPSA) is 60.2 Å². The van der Waals surface area contributed by atoms with Crippen molar-refractivity contribution in [1.82, 2.24) is 0 Å². The number of nitro benzene ring substituents is 1. The monoisotopic (exact) mass is 291 g/mol. The van der Waals surface area contributed by atoms with E-state index >= 15 is 0 Å². The SMILES string of the molecule is O=C(Cc1ccc2ccccc2c1)c1ccc([N+](=O)[O-])cc1. The summed E-state index contributed by atoms with van der Waals surface area (Å²) in [6.07, 6.45) is 0.280. The molecule has 0 saturated heterocycles. The Morgan fingerprint density at radius 1 is 0.909 bits per heavy atom. The number of ketones is 1. The van der Waals surface area contributed by atoms with Gasteiger partial charge in [0.25, 0.3) is 5.69 Å². The van der Waals surface area contributed by atoms with Crippen molar-refractivity contribution >= 4 is 22.2 Å². The average molecular weight is 291 g/mol. The number of carbonyl (C=O) groups is 1. The molecular formula is C18H13NO3.